The van der Waals surface area contributed by atoms with Crippen LogP contribution in [0.3, 0.4) is 0 Å². The van der Waals surface area contributed by atoms with E-state index in [0.717, 1.165) is 36.0 Å². The smallest absolute Gasteiger partial charge is 0.475 e. The molecule has 0 aromatic carbocycles. The Morgan fingerprint density at radius 1 is 1.00 bits per heavy atom. The third-order valence-corrected chi connectivity index (χ3v) is 6.79. The number of nitrogens with zero attached hydrogens (tertiary/aromatic N) is 5. The maximum atomic E-state index is 13.1. The summed E-state index contributed by atoms with van der Waals surface area (Å²) >= 11 is 1.64. The molecule has 2 aliphatic heterocycles. The number of thiazole rings is 1. The molecule has 0 aliphatic carbocycles. The van der Waals surface area contributed by atoms with Gasteiger partial charge in [-0.25, -0.2) is 14.6 Å². The number of rotatable bonds is 4. The van der Waals surface area contributed by atoms with Gasteiger partial charge in [0.1, 0.15) is 5.69 Å². The van der Waals surface area contributed by atoms with E-state index in [1.54, 1.807) is 17.5 Å². The van der Waals surface area contributed by atoms with Crippen LogP contribution in [0.1, 0.15) is 32.8 Å². The summed E-state index contributed by atoms with van der Waals surface area (Å²) in [6.45, 7) is 5.24. The highest BCUT2D eigenvalue weighted by atomic mass is 32.1. The number of hydrogen-bond donors (Lipinski definition) is 2. The number of aliphatic carboxylic acids is 2. The molecule has 41 heavy (non-hydrogen) atoms. The predicted octanol–water partition coefficient (Wildman–Crippen LogP) is 4.00. The predicted molar refractivity (Wildman–Crippen MR) is 131 cm³/mol. The van der Waals surface area contributed by atoms with Crippen LogP contribution in [0.15, 0.2) is 48.2 Å². The minimum atomic E-state index is -5.08. The second-order valence-corrected chi connectivity index (χ2v) is 9.95. The molecule has 2 atom stereocenters. The molecule has 5 rings (SSSR count). The van der Waals surface area contributed by atoms with Gasteiger partial charge in [-0.15, -0.1) is 11.3 Å². The van der Waals surface area contributed by atoms with Gasteiger partial charge in [-0.3, -0.25) is 14.7 Å². The summed E-state index contributed by atoms with van der Waals surface area (Å²) in [5.41, 5.74) is 2.97. The van der Waals surface area contributed by atoms with Crippen LogP contribution in [0.25, 0.3) is 0 Å². The van der Waals surface area contributed by atoms with Crippen molar-refractivity contribution in [3.05, 3.63) is 70.2 Å². The van der Waals surface area contributed by atoms with Crippen molar-refractivity contribution in [3.8, 4) is 0 Å². The van der Waals surface area contributed by atoms with Crippen LogP contribution in [0.2, 0.25) is 0 Å². The first-order valence-corrected chi connectivity index (χ1v) is 12.6. The Balaban J connectivity index is 0.000000276. The van der Waals surface area contributed by atoms with E-state index in [1.807, 2.05) is 42.4 Å². The topological polar surface area (TPSA) is 129 Å². The maximum absolute atomic E-state index is 13.1. The average Bonchev–Trinajstić information content (AvgIpc) is 3.62. The Bertz CT molecular complexity index is 1340. The van der Waals surface area contributed by atoms with Crippen molar-refractivity contribution >= 4 is 29.2 Å². The zero-order valence-corrected chi connectivity index (χ0v) is 21.9. The Hall–Kier alpha value is -3.99. The number of carbonyl (C=O) groups is 3. The Labute approximate surface area is 232 Å². The van der Waals surface area contributed by atoms with Gasteiger partial charge in [0.15, 0.2) is 0 Å². The fourth-order valence-electron chi connectivity index (χ4n) is 4.31. The molecule has 10 nitrogen and oxygen atoms in total. The summed E-state index contributed by atoms with van der Waals surface area (Å²) in [7, 11) is 0. The largest absolute Gasteiger partial charge is 0.490 e. The first-order chi connectivity index (χ1) is 19.1. The number of alkyl halides is 6. The van der Waals surface area contributed by atoms with E-state index in [2.05, 4.69) is 30.9 Å². The van der Waals surface area contributed by atoms with Crippen molar-refractivity contribution in [2.45, 2.75) is 44.4 Å². The Morgan fingerprint density at radius 2 is 1.61 bits per heavy atom. The summed E-state index contributed by atoms with van der Waals surface area (Å²) in [5.74, 6) is -5.41. The van der Waals surface area contributed by atoms with Crippen molar-refractivity contribution in [1.29, 1.82) is 0 Å². The van der Waals surface area contributed by atoms with Gasteiger partial charge in [0.05, 0.1) is 29.3 Å². The molecular weight excluding hydrogens is 584 g/mol. The molecule has 5 heterocycles. The van der Waals surface area contributed by atoms with Crippen LogP contribution in [-0.4, -0.2) is 83.9 Å². The maximum Gasteiger partial charge on any atom is 0.490 e. The molecule has 222 valence electrons. The fourth-order valence-corrected chi connectivity index (χ4v) is 4.92. The number of aryl methyl sites for hydroxylation is 1. The number of carboxylic acid groups (broad SMARTS) is 2. The lowest BCUT2D eigenvalue weighted by Crippen LogP contribution is -2.49. The van der Waals surface area contributed by atoms with Gasteiger partial charge >= 0.3 is 24.3 Å². The quantitative estimate of drug-likeness (QED) is 0.426. The second kappa shape index (κ2) is 12.7. The van der Waals surface area contributed by atoms with Crippen LogP contribution < -0.4 is 0 Å². The van der Waals surface area contributed by atoms with Crippen molar-refractivity contribution in [1.82, 2.24) is 24.3 Å². The molecule has 0 bridgehead atoms. The van der Waals surface area contributed by atoms with E-state index >= 15 is 0 Å². The fraction of sp³-hybridized carbons (Fsp3) is 0.375. The van der Waals surface area contributed by atoms with Gasteiger partial charge in [0.25, 0.3) is 5.91 Å². The summed E-state index contributed by atoms with van der Waals surface area (Å²) < 4.78 is 65.6. The first kappa shape index (κ1) is 31.5. The van der Waals surface area contributed by atoms with Crippen LogP contribution in [-0.2, 0) is 22.7 Å². The van der Waals surface area contributed by atoms with Crippen LogP contribution in [0.5, 0.6) is 0 Å². The van der Waals surface area contributed by atoms with Gasteiger partial charge < -0.3 is 19.7 Å². The van der Waals surface area contributed by atoms with Crippen molar-refractivity contribution in [3.63, 3.8) is 0 Å². The number of pyridine rings is 1. The van der Waals surface area contributed by atoms with E-state index < -0.39 is 24.3 Å². The normalized spacial score (nSPS) is 18.4. The number of carbonyl (C=O) groups excluding carboxylic acids is 1. The van der Waals surface area contributed by atoms with Gasteiger partial charge in [-0.1, -0.05) is 6.07 Å². The highest BCUT2D eigenvalue weighted by Gasteiger charge is 2.45. The van der Waals surface area contributed by atoms with E-state index in [0.29, 0.717) is 6.54 Å². The number of hydrogen-bond acceptors (Lipinski definition) is 7. The summed E-state index contributed by atoms with van der Waals surface area (Å²) in [5, 5.41) is 17.4. The van der Waals surface area contributed by atoms with E-state index in [1.165, 1.54) is 5.56 Å². The third-order valence-electron chi connectivity index (χ3n) is 5.96. The average molecular weight is 608 g/mol. The van der Waals surface area contributed by atoms with Crippen LogP contribution in [0.4, 0.5) is 26.3 Å². The number of likely N-dealkylation sites (tertiary alicyclic amines) is 1. The van der Waals surface area contributed by atoms with Gasteiger partial charge in [0.2, 0.25) is 0 Å². The molecule has 17 heteroatoms. The molecular formula is C24H23F6N5O5S. The zero-order valence-electron chi connectivity index (χ0n) is 21.1. The lowest BCUT2D eigenvalue weighted by atomic mass is 10.1. The molecule has 1 amide bonds. The molecule has 0 spiro atoms. The van der Waals surface area contributed by atoms with Crippen molar-refractivity contribution in [2.24, 2.45) is 0 Å². The minimum absolute atomic E-state index is 0.107. The molecule has 3 aromatic rings. The molecule has 0 saturated carbocycles. The molecule has 2 N–H and O–H groups in total. The highest BCUT2D eigenvalue weighted by molar-refractivity contribution is 7.09. The lowest BCUT2D eigenvalue weighted by Gasteiger charge is -2.38. The van der Waals surface area contributed by atoms with Crippen molar-refractivity contribution < 1.29 is 50.9 Å². The second-order valence-electron chi connectivity index (χ2n) is 8.89. The van der Waals surface area contributed by atoms with E-state index in [4.69, 9.17) is 19.8 Å². The molecule has 2 unspecified atom stereocenters. The Kier molecular flexibility index (Phi) is 9.75. The standard InChI is InChI=1S/C20H21N5OS.2C2HF3O2/c1-14-22-16(13-27-14)10-25-19-12-23(9-15-4-2-6-21-8-15)11-18(19)24-7-3-5-17(24)20(25)26;2*3-2(4,5)1(6)7/h2-8,13,18-19H,9-12H2,1H3;2*(H,6,7). The number of amides is 1. The molecule has 0 radical (unpaired) electrons. The number of halogens is 6. The minimum Gasteiger partial charge on any atom is -0.475 e. The van der Waals surface area contributed by atoms with Crippen LogP contribution in [0, 0.1) is 6.92 Å². The molecule has 2 aliphatic rings. The van der Waals surface area contributed by atoms with Crippen molar-refractivity contribution in [2.75, 3.05) is 13.1 Å². The molecule has 3 aromatic heterocycles. The Morgan fingerprint density at radius 3 is 2.12 bits per heavy atom. The summed E-state index contributed by atoms with van der Waals surface area (Å²) in [6, 6.07) is 8.44. The number of fused-ring (bicyclic) bond motifs is 3. The van der Waals surface area contributed by atoms with Gasteiger partial charge in [-0.05, 0) is 30.7 Å². The first-order valence-electron chi connectivity index (χ1n) is 11.7. The summed E-state index contributed by atoms with van der Waals surface area (Å²) in [4.78, 5) is 44.2. The number of aromatic nitrogens is 3. The van der Waals surface area contributed by atoms with Crippen LogP contribution >= 0.6 is 11.3 Å². The highest BCUT2D eigenvalue weighted by Crippen LogP contribution is 2.35. The zero-order chi connectivity index (χ0) is 30.5. The third kappa shape index (κ3) is 8.26. The van der Waals surface area contributed by atoms with Gasteiger partial charge in [0, 0.05) is 43.6 Å². The summed E-state index contributed by atoms with van der Waals surface area (Å²) in [6.07, 6.45) is -4.40. The SMILES string of the molecule is Cc1nc(CN2C(=O)c3cccn3C3CN(Cc4cccnc4)CC32)cs1.O=C(O)C(F)(F)F.O=C(O)C(F)(F)F. The lowest BCUT2D eigenvalue weighted by molar-refractivity contribution is -0.193. The monoisotopic (exact) mass is 607 g/mol. The molecule has 1 fully saturated rings. The van der Waals surface area contributed by atoms with Gasteiger partial charge in [-0.2, -0.15) is 26.3 Å². The number of carboxylic acids is 2. The van der Waals surface area contributed by atoms with E-state index in [9.17, 15) is 31.1 Å². The van der Waals surface area contributed by atoms with E-state index in [-0.39, 0.29) is 18.0 Å². The molecule has 1 saturated heterocycles.